The molecule has 0 aliphatic heterocycles. The zero-order valence-corrected chi connectivity index (χ0v) is 8.18. The number of hydrogen-bond acceptors (Lipinski definition) is 2. The topological polar surface area (TPSA) is 25.2 Å². The fourth-order valence-corrected chi connectivity index (χ4v) is 1.67. The standard InChI is InChI=1S/C9H15NOS/c1-2-12-6-5-10-4-3-9(7-10)8-11/h3-4,7,11H,2,5-6,8H2,1H3. The first kappa shape index (κ1) is 9.68. The Kier molecular flexibility index (Phi) is 4.25. The molecule has 0 amide bonds. The third-order valence-electron chi connectivity index (χ3n) is 1.69. The minimum atomic E-state index is 0.147. The van der Waals surface area contributed by atoms with Crippen molar-refractivity contribution in [2.24, 2.45) is 0 Å². The van der Waals surface area contributed by atoms with E-state index >= 15 is 0 Å². The summed E-state index contributed by atoms with van der Waals surface area (Å²) in [6, 6.07) is 1.95. The molecule has 2 nitrogen and oxygen atoms in total. The maximum atomic E-state index is 8.80. The average Bonchev–Trinajstić information content (AvgIpc) is 2.53. The van der Waals surface area contributed by atoms with Crippen LogP contribution >= 0.6 is 11.8 Å². The van der Waals surface area contributed by atoms with Gasteiger partial charge in [-0.1, -0.05) is 6.92 Å². The molecule has 1 N–H and O–H groups in total. The van der Waals surface area contributed by atoms with E-state index in [0.29, 0.717) is 0 Å². The Morgan fingerprint density at radius 3 is 3.00 bits per heavy atom. The SMILES string of the molecule is CCSCCn1ccc(CO)c1. The molecule has 0 atom stereocenters. The summed E-state index contributed by atoms with van der Waals surface area (Å²) in [4.78, 5) is 0. The maximum Gasteiger partial charge on any atom is 0.0696 e. The third kappa shape index (κ3) is 2.91. The van der Waals surface area contributed by atoms with Gasteiger partial charge in [-0.05, 0) is 17.4 Å². The Morgan fingerprint density at radius 2 is 2.42 bits per heavy atom. The molecule has 0 radical (unpaired) electrons. The zero-order chi connectivity index (χ0) is 8.81. The highest BCUT2D eigenvalue weighted by atomic mass is 32.2. The van der Waals surface area contributed by atoms with Gasteiger partial charge < -0.3 is 9.67 Å². The number of aliphatic hydroxyl groups is 1. The van der Waals surface area contributed by atoms with Gasteiger partial charge >= 0.3 is 0 Å². The van der Waals surface area contributed by atoms with Crippen LogP contribution in [-0.2, 0) is 13.2 Å². The van der Waals surface area contributed by atoms with E-state index in [1.165, 1.54) is 5.75 Å². The summed E-state index contributed by atoms with van der Waals surface area (Å²) >= 11 is 1.94. The second-order valence-corrected chi connectivity index (χ2v) is 4.01. The fraction of sp³-hybridized carbons (Fsp3) is 0.556. The lowest BCUT2D eigenvalue weighted by Crippen LogP contribution is -1.96. The van der Waals surface area contributed by atoms with Crippen LogP contribution in [0.3, 0.4) is 0 Å². The molecule has 0 spiro atoms. The number of aliphatic hydroxyl groups excluding tert-OH is 1. The minimum Gasteiger partial charge on any atom is -0.392 e. The first-order chi connectivity index (χ1) is 5.86. The van der Waals surface area contributed by atoms with Crippen LogP contribution in [0.4, 0.5) is 0 Å². The predicted octanol–water partition coefficient (Wildman–Crippen LogP) is 1.73. The molecule has 68 valence electrons. The van der Waals surface area contributed by atoms with Crippen molar-refractivity contribution in [3.63, 3.8) is 0 Å². The number of thioether (sulfide) groups is 1. The molecule has 0 saturated carbocycles. The van der Waals surface area contributed by atoms with Crippen molar-refractivity contribution in [2.75, 3.05) is 11.5 Å². The van der Waals surface area contributed by atoms with Gasteiger partial charge in [-0.25, -0.2) is 0 Å². The highest BCUT2D eigenvalue weighted by molar-refractivity contribution is 7.99. The van der Waals surface area contributed by atoms with Crippen molar-refractivity contribution in [1.82, 2.24) is 4.57 Å². The lowest BCUT2D eigenvalue weighted by Gasteiger charge is -2.00. The van der Waals surface area contributed by atoms with Crippen molar-refractivity contribution in [2.45, 2.75) is 20.1 Å². The Bertz CT molecular complexity index is 222. The van der Waals surface area contributed by atoms with Crippen LogP contribution in [0.25, 0.3) is 0 Å². The third-order valence-corrected chi connectivity index (χ3v) is 2.57. The van der Waals surface area contributed by atoms with E-state index in [9.17, 15) is 0 Å². The number of rotatable bonds is 5. The number of nitrogens with zero attached hydrogens (tertiary/aromatic N) is 1. The van der Waals surface area contributed by atoms with Crippen LogP contribution in [0.15, 0.2) is 18.5 Å². The van der Waals surface area contributed by atoms with Gasteiger partial charge in [0.05, 0.1) is 6.61 Å². The molecule has 0 bridgehead atoms. The van der Waals surface area contributed by atoms with E-state index in [1.807, 2.05) is 30.2 Å². The Morgan fingerprint density at radius 1 is 1.58 bits per heavy atom. The van der Waals surface area contributed by atoms with Crippen molar-refractivity contribution >= 4 is 11.8 Å². The molecular formula is C9H15NOS. The Labute approximate surface area is 77.6 Å². The van der Waals surface area contributed by atoms with Gasteiger partial charge in [0.15, 0.2) is 0 Å². The van der Waals surface area contributed by atoms with Gasteiger partial charge in [-0.15, -0.1) is 0 Å². The molecule has 1 aromatic heterocycles. The largest absolute Gasteiger partial charge is 0.392 e. The molecule has 0 aromatic carbocycles. The summed E-state index contributed by atoms with van der Waals surface area (Å²) < 4.78 is 2.12. The second kappa shape index (κ2) is 5.27. The van der Waals surface area contributed by atoms with E-state index < -0.39 is 0 Å². The highest BCUT2D eigenvalue weighted by Crippen LogP contribution is 2.04. The summed E-state index contributed by atoms with van der Waals surface area (Å²) in [5.74, 6) is 2.32. The number of aromatic nitrogens is 1. The maximum absolute atomic E-state index is 8.80. The summed E-state index contributed by atoms with van der Waals surface area (Å²) in [7, 11) is 0. The number of hydrogen-bond donors (Lipinski definition) is 1. The van der Waals surface area contributed by atoms with E-state index in [-0.39, 0.29) is 6.61 Å². The lowest BCUT2D eigenvalue weighted by atomic mass is 10.4. The van der Waals surface area contributed by atoms with E-state index in [1.54, 1.807) is 0 Å². The van der Waals surface area contributed by atoms with Crippen molar-refractivity contribution in [1.29, 1.82) is 0 Å². The smallest absolute Gasteiger partial charge is 0.0696 e. The second-order valence-electron chi connectivity index (χ2n) is 2.61. The Hall–Kier alpha value is -0.410. The zero-order valence-electron chi connectivity index (χ0n) is 7.36. The van der Waals surface area contributed by atoms with Gasteiger partial charge in [-0.2, -0.15) is 11.8 Å². The summed E-state index contributed by atoms with van der Waals surface area (Å²) in [5, 5.41) is 8.80. The molecule has 0 saturated heterocycles. The summed E-state index contributed by atoms with van der Waals surface area (Å²) in [6.07, 6.45) is 4.01. The minimum absolute atomic E-state index is 0.147. The van der Waals surface area contributed by atoms with E-state index in [4.69, 9.17) is 5.11 Å². The molecule has 1 rings (SSSR count). The average molecular weight is 185 g/mol. The molecule has 3 heteroatoms. The normalized spacial score (nSPS) is 10.5. The molecule has 0 aliphatic rings. The van der Waals surface area contributed by atoms with Gasteiger partial charge in [0.25, 0.3) is 0 Å². The summed E-state index contributed by atoms with van der Waals surface area (Å²) in [5.41, 5.74) is 0.997. The van der Waals surface area contributed by atoms with Crippen molar-refractivity contribution in [3.8, 4) is 0 Å². The van der Waals surface area contributed by atoms with Crippen LogP contribution in [0, 0.1) is 0 Å². The van der Waals surface area contributed by atoms with E-state index in [2.05, 4.69) is 11.5 Å². The molecule has 1 aromatic rings. The molecule has 12 heavy (non-hydrogen) atoms. The van der Waals surface area contributed by atoms with Crippen molar-refractivity contribution < 1.29 is 5.11 Å². The number of aryl methyl sites for hydroxylation is 1. The van der Waals surface area contributed by atoms with Crippen LogP contribution in [-0.4, -0.2) is 21.2 Å². The molecule has 0 fully saturated rings. The monoisotopic (exact) mass is 185 g/mol. The van der Waals surface area contributed by atoms with Gasteiger partial charge in [0, 0.05) is 24.7 Å². The first-order valence-corrected chi connectivity index (χ1v) is 5.35. The summed E-state index contributed by atoms with van der Waals surface area (Å²) in [6.45, 7) is 3.35. The Balaban J connectivity index is 2.31. The molecular weight excluding hydrogens is 170 g/mol. The fourth-order valence-electron chi connectivity index (χ4n) is 1.04. The van der Waals surface area contributed by atoms with Gasteiger partial charge in [0.1, 0.15) is 0 Å². The van der Waals surface area contributed by atoms with Crippen LogP contribution in [0.2, 0.25) is 0 Å². The lowest BCUT2D eigenvalue weighted by molar-refractivity contribution is 0.281. The van der Waals surface area contributed by atoms with E-state index in [0.717, 1.165) is 17.9 Å². The van der Waals surface area contributed by atoms with Gasteiger partial charge in [0.2, 0.25) is 0 Å². The van der Waals surface area contributed by atoms with Gasteiger partial charge in [-0.3, -0.25) is 0 Å². The quantitative estimate of drug-likeness (QED) is 0.707. The predicted molar refractivity (Wildman–Crippen MR) is 53.4 cm³/mol. The van der Waals surface area contributed by atoms with Crippen molar-refractivity contribution in [3.05, 3.63) is 24.0 Å². The highest BCUT2D eigenvalue weighted by Gasteiger charge is 1.94. The van der Waals surface area contributed by atoms with Crippen LogP contribution < -0.4 is 0 Å². The van der Waals surface area contributed by atoms with Crippen LogP contribution in [0.1, 0.15) is 12.5 Å². The molecule has 0 aliphatic carbocycles. The first-order valence-electron chi connectivity index (χ1n) is 4.20. The van der Waals surface area contributed by atoms with Crippen LogP contribution in [0.5, 0.6) is 0 Å². The molecule has 1 heterocycles. The molecule has 0 unspecified atom stereocenters.